The van der Waals surface area contributed by atoms with Crippen molar-refractivity contribution in [1.29, 1.82) is 0 Å². The van der Waals surface area contributed by atoms with E-state index in [1.165, 1.54) is 12.1 Å². The van der Waals surface area contributed by atoms with Crippen molar-refractivity contribution in [1.82, 2.24) is 5.32 Å². The van der Waals surface area contributed by atoms with Crippen LogP contribution in [-0.2, 0) is 0 Å². The Bertz CT molecular complexity index is 614. The van der Waals surface area contributed by atoms with Crippen molar-refractivity contribution in [3.8, 4) is 0 Å². The lowest BCUT2D eigenvalue weighted by molar-refractivity contribution is 0.0702. The summed E-state index contributed by atoms with van der Waals surface area (Å²) in [4.78, 5) is 23.2. The number of hydrogen-bond donors (Lipinski definition) is 2. The van der Waals surface area contributed by atoms with Gasteiger partial charge in [-0.1, -0.05) is 0 Å². The van der Waals surface area contributed by atoms with Crippen LogP contribution in [0, 0.1) is 6.92 Å². The lowest BCUT2D eigenvalue weighted by Gasteiger charge is -2.10. The molecular weight excluding hydrogens is 266 g/mol. The minimum atomic E-state index is -1.03. The van der Waals surface area contributed by atoms with Crippen LogP contribution in [0.4, 0.5) is 0 Å². The molecule has 0 bridgehead atoms. The number of thiophene rings is 1. The summed E-state index contributed by atoms with van der Waals surface area (Å²) in [5.41, 5.74) is 0. The van der Waals surface area contributed by atoms with Crippen LogP contribution in [0.3, 0.4) is 0 Å². The molecule has 0 aliphatic heterocycles. The van der Waals surface area contributed by atoms with Crippen LogP contribution in [-0.4, -0.2) is 17.0 Å². The molecule has 2 aromatic rings. The first kappa shape index (κ1) is 13.4. The minimum Gasteiger partial charge on any atom is -0.477 e. The second kappa shape index (κ2) is 5.27. The minimum absolute atomic E-state index is 0.145. The first-order valence-corrected chi connectivity index (χ1v) is 6.49. The Balaban J connectivity index is 2.06. The van der Waals surface area contributed by atoms with Crippen molar-refractivity contribution in [2.45, 2.75) is 19.9 Å². The number of rotatable bonds is 4. The highest BCUT2D eigenvalue weighted by Gasteiger charge is 2.17. The third kappa shape index (κ3) is 3.03. The molecule has 100 valence electrons. The lowest BCUT2D eigenvalue weighted by Crippen LogP contribution is -2.25. The Labute approximate surface area is 113 Å². The maximum atomic E-state index is 11.9. The van der Waals surface area contributed by atoms with Gasteiger partial charge in [-0.05, 0) is 38.1 Å². The Hall–Kier alpha value is -2.08. The molecule has 0 saturated heterocycles. The van der Waals surface area contributed by atoms with Crippen LogP contribution in [0.25, 0.3) is 0 Å². The van der Waals surface area contributed by atoms with E-state index in [4.69, 9.17) is 9.52 Å². The Morgan fingerprint density at radius 3 is 2.47 bits per heavy atom. The second-order valence-electron chi connectivity index (χ2n) is 4.11. The molecule has 5 nitrogen and oxygen atoms in total. The predicted molar refractivity (Wildman–Crippen MR) is 70.6 cm³/mol. The van der Waals surface area contributed by atoms with Gasteiger partial charge in [0, 0.05) is 0 Å². The molecule has 0 spiro atoms. The van der Waals surface area contributed by atoms with Crippen molar-refractivity contribution < 1.29 is 19.1 Å². The molecule has 0 fully saturated rings. The van der Waals surface area contributed by atoms with E-state index in [1.54, 1.807) is 6.07 Å². The molecule has 1 amide bonds. The SMILES string of the molecule is Cc1ccc(C(C)NC(=O)c2ccc(C(=O)O)s2)o1. The lowest BCUT2D eigenvalue weighted by atomic mass is 10.2. The Kier molecular flexibility index (Phi) is 3.71. The van der Waals surface area contributed by atoms with Gasteiger partial charge in [-0.15, -0.1) is 11.3 Å². The third-order valence-corrected chi connectivity index (χ3v) is 3.65. The van der Waals surface area contributed by atoms with Crippen LogP contribution in [0.15, 0.2) is 28.7 Å². The zero-order chi connectivity index (χ0) is 14.0. The predicted octanol–water partition coefficient (Wildman–Crippen LogP) is 2.84. The fourth-order valence-corrected chi connectivity index (χ4v) is 2.35. The van der Waals surface area contributed by atoms with Crippen molar-refractivity contribution in [2.24, 2.45) is 0 Å². The van der Waals surface area contributed by atoms with Crippen LogP contribution in [0.5, 0.6) is 0 Å². The smallest absolute Gasteiger partial charge is 0.345 e. The molecule has 2 rings (SSSR count). The number of carboxylic acids is 1. The first-order valence-electron chi connectivity index (χ1n) is 5.67. The zero-order valence-electron chi connectivity index (χ0n) is 10.5. The van der Waals surface area contributed by atoms with Crippen LogP contribution in [0.1, 0.15) is 43.8 Å². The van der Waals surface area contributed by atoms with Gasteiger partial charge >= 0.3 is 5.97 Å². The van der Waals surface area contributed by atoms with Crippen LogP contribution in [0.2, 0.25) is 0 Å². The van der Waals surface area contributed by atoms with Gasteiger partial charge in [-0.3, -0.25) is 4.79 Å². The Morgan fingerprint density at radius 1 is 1.26 bits per heavy atom. The molecule has 19 heavy (non-hydrogen) atoms. The average molecular weight is 279 g/mol. The molecule has 6 heteroatoms. The maximum absolute atomic E-state index is 11.9. The molecular formula is C13H13NO4S. The van der Waals surface area contributed by atoms with Crippen LogP contribution >= 0.6 is 11.3 Å². The molecule has 1 atom stereocenters. The van der Waals surface area contributed by atoms with E-state index in [-0.39, 0.29) is 16.8 Å². The van der Waals surface area contributed by atoms with Gasteiger partial charge in [0.15, 0.2) is 0 Å². The zero-order valence-corrected chi connectivity index (χ0v) is 11.3. The molecule has 2 heterocycles. The van der Waals surface area contributed by atoms with Gasteiger partial charge < -0.3 is 14.8 Å². The number of carbonyl (C=O) groups excluding carboxylic acids is 1. The molecule has 1 unspecified atom stereocenters. The number of nitrogens with one attached hydrogen (secondary N) is 1. The molecule has 0 radical (unpaired) electrons. The Morgan fingerprint density at radius 2 is 1.95 bits per heavy atom. The quantitative estimate of drug-likeness (QED) is 0.902. The van der Waals surface area contributed by atoms with E-state index in [0.29, 0.717) is 10.6 Å². The molecule has 0 aromatic carbocycles. The summed E-state index contributed by atoms with van der Waals surface area (Å²) in [6.07, 6.45) is 0. The van der Waals surface area contributed by atoms with E-state index < -0.39 is 5.97 Å². The third-order valence-electron chi connectivity index (χ3n) is 2.58. The average Bonchev–Trinajstić information content (AvgIpc) is 2.96. The fourth-order valence-electron chi connectivity index (χ4n) is 1.60. The van der Waals surface area contributed by atoms with E-state index in [1.807, 2.05) is 19.9 Å². The van der Waals surface area contributed by atoms with Gasteiger partial charge in [0.05, 0.1) is 10.9 Å². The number of carbonyl (C=O) groups is 2. The van der Waals surface area contributed by atoms with Crippen molar-refractivity contribution in [2.75, 3.05) is 0 Å². The monoisotopic (exact) mass is 279 g/mol. The van der Waals surface area contributed by atoms with Crippen molar-refractivity contribution >= 4 is 23.2 Å². The van der Waals surface area contributed by atoms with E-state index >= 15 is 0 Å². The summed E-state index contributed by atoms with van der Waals surface area (Å²) in [6, 6.07) is 6.28. The fraction of sp³-hybridized carbons (Fsp3) is 0.231. The topological polar surface area (TPSA) is 79.5 Å². The standard InChI is InChI=1S/C13H13NO4S/c1-7-3-4-9(18-7)8(2)14-12(15)10-5-6-11(19-10)13(16)17/h3-6,8H,1-2H3,(H,14,15)(H,16,17). The van der Waals surface area contributed by atoms with E-state index in [9.17, 15) is 9.59 Å². The number of carboxylic acid groups (broad SMARTS) is 1. The maximum Gasteiger partial charge on any atom is 0.345 e. The second-order valence-corrected chi connectivity index (χ2v) is 5.20. The number of aromatic carboxylic acids is 1. The largest absolute Gasteiger partial charge is 0.477 e. The van der Waals surface area contributed by atoms with Gasteiger partial charge in [0.2, 0.25) is 0 Å². The normalized spacial score (nSPS) is 12.1. The highest BCUT2D eigenvalue weighted by Crippen LogP contribution is 2.19. The van der Waals surface area contributed by atoms with Gasteiger partial charge in [0.25, 0.3) is 5.91 Å². The van der Waals surface area contributed by atoms with Gasteiger partial charge in [-0.25, -0.2) is 4.79 Å². The summed E-state index contributed by atoms with van der Waals surface area (Å²) in [5, 5.41) is 11.6. The highest BCUT2D eigenvalue weighted by molar-refractivity contribution is 7.15. The van der Waals surface area contributed by atoms with Crippen molar-refractivity contribution in [3.63, 3.8) is 0 Å². The van der Waals surface area contributed by atoms with E-state index in [2.05, 4.69) is 5.32 Å². The summed E-state index contributed by atoms with van der Waals surface area (Å²) >= 11 is 0.949. The van der Waals surface area contributed by atoms with Gasteiger partial charge in [-0.2, -0.15) is 0 Å². The molecule has 0 saturated carbocycles. The number of furan rings is 1. The van der Waals surface area contributed by atoms with E-state index in [0.717, 1.165) is 17.1 Å². The molecule has 0 aliphatic carbocycles. The summed E-state index contributed by atoms with van der Waals surface area (Å²) in [7, 11) is 0. The summed E-state index contributed by atoms with van der Waals surface area (Å²) in [5.74, 6) is 0.110. The first-order chi connectivity index (χ1) is 8.97. The molecule has 2 aromatic heterocycles. The highest BCUT2D eigenvalue weighted by atomic mass is 32.1. The summed E-state index contributed by atoms with van der Waals surface area (Å²) in [6.45, 7) is 3.64. The van der Waals surface area contributed by atoms with Crippen LogP contribution < -0.4 is 5.32 Å². The number of hydrogen-bond acceptors (Lipinski definition) is 4. The van der Waals surface area contributed by atoms with Crippen molar-refractivity contribution in [3.05, 3.63) is 45.5 Å². The number of aryl methyl sites for hydroxylation is 1. The number of amides is 1. The summed E-state index contributed by atoms with van der Waals surface area (Å²) < 4.78 is 5.42. The molecule has 0 aliphatic rings. The van der Waals surface area contributed by atoms with Gasteiger partial charge in [0.1, 0.15) is 16.4 Å². The molecule has 2 N–H and O–H groups in total.